The van der Waals surface area contributed by atoms with Crippen molar-refractivity contribution in [3.8, 4) is 0 Å². The number of carbonyl (C=O) groups excluding carboxylic acids is 1. The molecule has 1 aliphatic rings. The summed E-state index contributed by atoms with van der Waals surface area (Å²) in [4.78, 5) is 11.3. The largest absolute Gasteiger partial charge is 0.431 e. The molecule has 1 heterocycles. The summed E-state index contributed by atoms with van der Waals surface area (Å²) in [6.07, 6.45) is 18.9. The van der Waals surface area contributed by atoms with Gasteiger partial charge in [-0.2, -0.15) is 0 Å². The van der Waals surface area contributed by atoms with Crippen molar-refractivity contribution in [2.75, 3.05) is 0 Å². The van der Waals surface area contributed by atoms with Crippen molar-refractivity contribution in [3.63, 3.8) is 0 Å². The Bertz CT molecular complexity index is 331. The third kappa shape index (κ3) is 8.60. The van der Waals surface area contributed by atoms with Crippen LogP contribution in [0.15, 0.2) is 11.3 Å². The average Bonchev–Trinajstić information content (AvgIpc) is 2.88. The minimum absolute atomic E-state index is 0.0502. The van der Waals surface area contributed by atoms with E-state index in [1.54, 1.807) is 0 Å². The normalized spacial score (nSPS) is 14.7. The Morgan fingerprint density at radius 1 is 0.773 bits per heavy atom. The summed E-state index contributed by atoms with van der Waals surface area (Å²) in [5.41, 5.74) is 1.23. The molecule has 2 nitrogen and oxygen atoms in total. The van der Waals surface area contributed by atoms with Crippen molar-refractivity contribution in [2.45, 2.75) is 110 Å². The van der Waals surface area contributed by atoms with E-state index in [1.165, 1.54) is 82.6 Å². The lowest BCUT2D eigenvalue weighted by Crippen LogP contribution is -1.93. The second-order valence-corrected chi connectivity index (χ2v) is 6.67. The molecule has 0 aromatic heterocycles. The fraction of sp³-hybridized carbons (Fsp3) is 0.850. The molecule has 0 amide bonds. The maximum Gasteiger partial charge on any atom is 0.315 e. The summed E-state index contributed by atoms with van der Waals surface area (Å²) in [5.74, 6) is 0.936. The highest BCUT2D eigenvalue weighted by atomic mass is 16.5. The maximum absolute atomic E-state index is 11.3. The Hall–Kier alpha value is -0.790. The third-order valence-electron chi connectivity index (χ3n) is 4.67. The molecule has 0 bridgehead atoms. The number of hydrogen-bond donors (Lipinski definition) is 0. The Balaban J connectivity index is 1.87. The monoisotopic (exact) mass is 308 g/mol. The van der Waals surface area contributed by atoms with Gasteiger partial charge in [0.1, 0.15) is 5.76 Å². The Morgan fingerprint density at radius 2 is 1.27 bits per heavy atom. The van der Waals surface area contributed by atoms with Gasteiger partial charge in [-0.3, -0.25) is 4.79 Å². The van der Waals surface area contributed by atoms with E-state index in [1.807, 2.05) is 0 Å². The number of cyclic esters (lactones) is 1. The van der Waals surface area contributed by atoms with Crippen LogP contribution in [0.3, 0.4) is 0 Å². The number of unbranched alkanes of at least 4 members (excludes halogenated alkanes) is 11. The van der Waals surface area contributed by atoms with Crippen molar-refractivity contribution < 1.29 is 9.53 Å². The first-order valence-corrected chi connectivity index (χ1v) is 9.69. The van der Waals surface area contributed by atoms with Crippen molar-refractivity contribution >= 4 is 5.97 Å². The predicted octanol–water partition coefficient (Wildman–Crippen LogP) is 6.69. The molecule has 0 N–H and O–H groups in total. The van der Waals surface area contributed by atoms with Crippen LogP contribution in [0.4, 0.5) is 0 Å². The highest BCUT2D eigenvalue weighted by Crippen LogP contribution is 2.27. The third-order valence-corrected chi connectivity index (χ3v) is 4.67. The second-order valence-electron chi connectivity index (χ2n) is 6.67. The van der Waals surface area contributed by atoms with Gasteiger partial charge in [0.2, 0.25) is 0 Å². The van der Waals surface area contributed by atoms with Gasteiger partial charge in [-0.15, -0.1) is 0 Å². The topological polar surface area (TPSA) is 26.3 Å². The van der Waals surface area contributed by atoms with E-state index in [0.29, 0.717) is 6.42 Å². The second kappa shape index (κ2) is 12.7. The van der Waals surface area contributed by atoms with E-state index in [4.69, 9.17) is 4.74 Å². The molecule has 0 aliphatic carbocycles. The minimum atomic E-state index is -0.0502. The van der Waals surface area contributed by atoms with Gasteiger partial charge in [0.05, 0.1) is 6.42 Å². The molecule has 0 spiro atoms. The lowest BCUT2D eigenvalue weighted by molar-refractivity contribution is -0.136. The number of ether oxygens (including phenoxy) is 1. The van der Waals surface area contributed by atoms with Crippen LogP contribution in [0.5, 0.6) is 0 Å². The van der Waals surface area contributed by atoms with E-state index >= 15 is 0 Å². The van der Waals surface area contributed by atoms with Crippen LogP contribution in [0, 0.1) is 0 Å². The highest BCUT2D eigenvalue weighted by molar-refractivity contribution is 5.76. The number of carbonyl (C=O) groups is 1. The Labute approximate surface area is 137 Å². The number of rotatable bonds is 14. The predicted molar refractivity (Wildman–Crippen MR) is 93.7 cm³/mol. The number of hydrogen-bond acceptors (Lipinski definition) is 2. The van der Waals surface area contributed by atoms with Gasteiger partial charge in [0.25, 0.3) is 0 Å². The quantitative estimate of drug-likeness (QED) is 0.264. The summed E-state index contributed by atoms with van der Waals surface area (Å²) in [5, 5.41) is 0. The van der Waals surface area contributed by atoms with Crippen molar-refractivity contribution in [3.05, 3.63) is 11.3 Å². The van der Waals surface area contributed by atoms with Crippen LogP contribution < -0.4 is 0 Å². The molecule has 0 fully saturated rings. The minimum Gasteiger partial charge on any atom is -0.431 e. The fourth-order valence-corrected chi connectivity index (χ4v) is 3.20. The molecule has 128 valence electrons. The summed E-state index contributed by atoms with van der Waals surface area (Å²) < 4.78 is 5.31. The van der Waals surface area contributed by atoms with Crippen LogP contribution in [0.2, 0.25) is 0 Å². The summed E-state index contributed by atoms with van der Waals surface area (Å²) in [6, 6.07) is 0. The summed E-state index contributed by atoms with van der Waals surface area (Å²) in [7, 11) is 0. The van der Waals surface area contributed by atoms with E-state index < -0.39 is 0 Å². The molecular formula is C20H36O2. The van der Waals surface area contributed by atoms with Crippen LogP contribution in [-0.4, -0.2) is 5.97 Å². The standard InChI is InChI=1S/C20H36O2/c1-3-5-6-7-8-9-10-11-12-13-14-15-16-19-18(4-2)17-20(21)22-19/h3-17H2,1-2H3. The number of esters is 1. The van der Waals surface area contributed by atoms with Gasteiger partial charge in [-0.05, 0) is 18.4 Å². The van der Waals surface area contributed by atoms with Crippen LogP contribution in [-0.2, 0) is 9.53 Å². The lowest BCUT2D eigenvalue weighted by Gasteiger charge is -2.05. The molecule has 22 heavy (non-hydrogen) atoms. The van der Waals surface area contributed by atoms with Crippen molar-refractivity contribution in [1.29, 1.82) is 0 Å². The molecule has 0 atom stereocenters. The zero-order chi connectivity index (χ0) is 16.0. The van der Waals surface area contributed by atoms with Crippen molar-refractivity contribution in [2.24, 2.45) is 0 Å². The SMILES string of the molecule is CCCCCCCCCCCCCCC1=C(CC)CC(=O)O1. The zero-order valence-corrected chi connectivity index (χ0v) is 14.9. The van der Waals surface area contributed by atoms with E-state index in [2.05, 4.69) is 13.8 Å². The maximum atomic E-state index is 11.3. The van der Waals surface area contributed by atoms with Crippen molar-refractivity contribution in [1.82, 2.24) is 0 Å². The Morgan fingerprint density at radius 3 is 1.77 bits per heavy atom. The average molecular weight is 309 g/mol. The first-order chi connectivity index (χ1) is 10.8. The molecule has 1 rings (SSSR count). The van der Waals surface area contributed by atoms with E-state index in [9.17, 15) is 4.79 Å². The molecule has 0 saturated heterocycles. The molecular weight excluding hydrogens is 272 g/mol. The van der Waals surface area contributed by atoms with E-state index in [-0.39, 0.29) is 5.97 Å². The highest BCUT2D eigenvalue weighted by Gasteiger charge is 2.21. The molecule has 2 heteroatoms. The first kappa shape index (κ1) is 19.3. The van der Waals surface area contributed by atoms with Gasteiger partial charge < -0.3 is 4.74 Å². The molecule has 1 aliphatic heterocycles. The smallest absolute Gasteiger partial charge is 0.315 e. The van der Waals surface area contributed by atoms with E-state index in [0.717, 1.165) is 18.6 Å². The summed E-state index contributed by atoms with van der Waals surface area (Å²) >= 11 is 0. The van der Waals surface area contributed by atoms with Gasteiger partial charge in [0, 0.05) is 6.42 Å². The van der Waals surface area contributed by atoms with Gasteiger partial charge in [-0.25, -0.2) is 0 Å². The molecule has 0 aromatic carbocycles. The fourth-order valence-electron chi connectivity index (χ4n) is 3.20. The van der Waals surface area contributed by atoms with Crippen LogP contribution >= 0.6 is 0 Å². The van der Waals surface area contributed by atoms with Gasteiger partial charge in [0.15, 0.2) is 0 Å². The molecule has 0 aromatic rings. The van der Waals surface area contributed by atoms with Gasteiger partial charge in [-0.1, -0.05) is 84.5 Å². The zero-order valence-electron chi connectivity index (χ0n) is 14.9. The Kier molecular flexibility index (Phi) is 11.1. The molecule has 0 saturated carbocycles. The molecule has 0 radical (unpaired) electrons. The number of allylic oxidation sites excluding steroid dienone is 1. The van der Waals surface area contributed by atoms with Crippen LogP contribution in [0.25, 0.3) is 0 Å². The van der Waals surface area contributed by atoms with Gasteiger partial charge >= 0.3 is 5.97 Å². The summed E-state index contributed by atoms with van der Waals surface area (Å²) in [6.45, 7) is 4.38. The lowest BCUT2D eigenvalue weighted by atomic mass is 10.0. The molecule has 0 unspecified atom stereocenters. The van der Waals surface area contributed by atoms with Crippen LogP contribution in [0.1, 0.15) is 110 Å². The first-order valence-electron chi connectivity index (χ1n) is 9.69.